The van der Waals surface area contributed by atoms with Crippen molar-refractivity contribution in [1.82, 2.24) is 15.3 Å². The van der Waals surface area contributed by atoms with Crippen LogP contribution in [-0.2, 0) is 0 Å². The van der Waals surface area contributed by atoms with Crippen LogP contribution in [0.2, 0.25) is 0 Å². The fourth-order valence-corrected chi connectivity index (χ4v) is 3.10. The number of benzene rings is 1. The number of rotatable bonds is 4. The summed E-state index contributed by atoms with van der Waals surface area (Å²) in [5.41, 5.74) is 3.83. The standard InChI is InChI=1S/C19H24N4O/c1-13-8-9-17(14(2)10-13)23-19-20-11-15(12-21-19)18(24)22-16-6-4-3-5-7-16/h8-12,16H,3-7H2,1-2H3,(H,22,24)(H,20,21,23). The molecule has 0 spiro atoms. The van der Waals surface area contributed by atoms with Crippen molar-refractivity contribution in [3.63, 3.8) is 0 Å². The minimum absolute atomic E-state index is 0.0834. The molecule has 1 aliphatic carbocycles. The van der Waals surface area contributed by atoms with E-state index in [1.54, 1.807) is 12.4 Å². The lowest BCUT2D eigenvalue weighted by atomic mass is 9.95. The van der Waals surface area contributed by atoms with Gasteiger partial charge in [0, 0.05) is 24.1 Å². The van der Waals surface area contributed by atoms with Crippen LogP contribution in [0.1, 0.15) is 53.6 Å². The summed E-state index contributed by atoms with van der Waals surface area (Å²) in [6.07, 6.45) is 8.96. The Hall–Kier alpha value is -2.43. The maximum absolute atomic E-state index is 12.3. The first-order valence-corrected chi connectivity index (χ1v) is 8.59. The van der Waals surface area contributed by atoms with Crippen molar-refractivity contribution in [3.8, 4) is 0 Å². The van der Waals surface area contributed by atoms with Crippen LogP contribution in [0.5, 0.6) is 0 Å². The third-order valence-electron chi connectivity index (χ3n) is 4.48. The van der Waals surface area contributed by atoms with Crippen LogP contribution in [0.3, 0.4) is 0 Å². The van der Waals surface area contributed by atoms with Crippen LogP contribution in [0.15, 0.2) is 30.6 Å². The molecule has 1 aromatic carbocycles. The molecule has 1 aromatic heterocycles. The Morgan fingerprint density at radius 3 is 2.46 bits per heavy atom. The molecule has 0 saturated heterocycles. The fraction of sp³-hybridized carbons (Fsp3) is 0.421. The van der Waals surface area contributed by atoms with E-state index in [0.29, 0.717) is 17.6 Å². The van der Waals surface area contributed by atoms with E-state index in [1.165, 1.54) is 24.8 Å². The fourth-order valence-electron chi connectivity index (χ4n) is 3.10. The molecule has 126 valence electrons. The van der Waals surface area contributed by atoms with E-state index in [-0.39, 0.29) is 5.91 Å². The maximum Gasteiger partial charge on any atom is 0.254 e. The monoisotopic (exact) mass is 324 g/mol. The molecule has 1 heterocycles. The van der Waals surface area contributed by atoms with E-state index >= 15 is 0 Å². The zero-order valence-electron chi connectivity index (χ0n) is 14.3. The molecule has 0 aliphatic heterocycles. The van der Waals surface area contributed by atoms with Crippen LogP contribution < -0.4 is 10.6 Å². The van der Waals surface area contributed by atoms with Crippen molar-refractivity contribution >= 4 is 17.5 Å². The lowest BCUT2D eigenvalue weighted by Gasteiger charge is -2.22. The van der Waals surface area contributed by atoms with E-state index in [1.807, 2.05) is 19.1 Å². The molecule has 2 N–H and O–H groups in total. The van der Waals surface area contributed by atoms with E-state index < -0.39 is 0 Å². The van der Waals surface area contributed by atoms with Gasteiger partial charge in [0.2, 0.25) is 5.95 Å². The smallest absolute Gasteiger partial charge is 0.254 e. The maximum atomic E-state index is 12.3. The van der Waals surface area contributed by atoms with E-state index in [9.17, 15) is 4.79 Å². The Morgan fingerprint density at radius 1 is 1.08 bits per heavy atom. The zero-order chi connectivity index (χ0) is 16.9. The van der Waals surface area contributed by atoms with Crippen LogP contribution in [0, 0.1) is 13.8 Å². The lowest BCUT2D eigenvalue weighted by molar-refractivity contribution is 0.0927. The van der Waals surface area contributed by atoms with Crippen molar-refractivity contribution in [2.45, 2.75) is 52.0 Å². The minimum atomic E-state index is -0.0834. The summed E-state index contributed by atoms with van der Waals surface area (Å²) < 4.78 is 0. The van der Waals surface area contributed by atoms with Crippen LogP contribution in [-0.4, -0.2) is 21.9 Å². The molecular formula is C19H24N4O. The number of carbonyl (C=O) groups is 1. The molecule has 0 bridgehead atoms. The Bertz CT molecular complexity index is 706. The highest BCUT2D eigenvalue weighted by atomic mass is 16.1. The number of hydrogen-bond donors (Lipinski definition) is 2. The molecule has 24 heavy (non-hydrogen) atoms. The van der Waals surface area contributed by atoms with Crippen LogP contribution in [0.25, 0.3) is 0 Å². The first-order chi connectivity index (χ1) is 11.6. The number of amides is 1. The number of nitrogens with zero attached hydrogens (tertiary/aromatic N) is 2. The van der Waals surface area contributed by atoms with Gasteiger partial charge in [0.1, 0.15) is 0 Å². The van der Waals surface area contributed by atoms with Gasteiger partial charge in [-0.15, -0.1) is 0 Å². The van der Waals surface area contributed by atoms with Gasteiger partial charge in [0.05, 0.1) is 5.56 Å². The topological polar surface area (TPSA) is 66.9 Å². The molecule has 1 fully saturated rings. The number of aromatic nitrogens is 2. The number of nitrogens with one attached hydrogen (secondary N) is 2. The highest BCUT2D eigenvalue weighted by Crippen LogP contribution is 2.20. The highest BCUT2D eigenvalue weighted by Gasteiger charge is 2.17. The van der Waals surface area contributed by atoms with Crippen molar-refractivity contribution in [2.75, 3.05) is 5.32 Å². The van der Waals surface area contributed by atoms with Gasteiger partial charge in [-0.2, -0.15) is 0 Å². The van der Waals surface area contributed by atoms with Gasteiger partial charge >= 0.3 is 0 Å². The number of hydrogen-bond acceptors (Lipinski definition) is 4. The molecular weight excluding hydrogens is 300 g/mol. The summed E-state index contributed by atoms with van der Waals surface area (Å²) in [7, 11) is 0. The van der Waals surface area contributed by atoms with E-state index in [0.717, 1.165) is 24.1 Å². The average molecular weight is 324 g/mol. The molecule has 0 unspecified atom stereocenters. The van der Waals surface area contributed by atoms with Gasteiger partial charge in [-0.3, -0.25) is 4.79 Å². The van der Waals surface area contributed by atoms with Crippen LogP contribution in [0.4, 0.5) is 11.6 Å². The quantitative estimate of drug-likeness (QED) is 0.895. The summed E-state index contributed by atoms with van der Waals surface area (Å²) in [5.74, 6) is 0.413. The van der Waals surface area contributed by atoms with E-state index in [2.05, 4.69) is 33.6 Å². The zero-order valence-corrected chi connectivity index (χ0v) is 14.3. The third kappa shape index (κ3) is 4.10. The van der Waals surface area contributed by atoms with Crippen molar-refractivity contribution in [2.24, 2.45) is 0 Å². The molecule has 5 nitrogen and oxygen atoms in total. The van der Waals surface area contributed by atoms with Crippen LogP contribution >= 0.6 is 0 Å². The summed E-state index contributed by atoms with van der Waals surface area (Å²) >= 11 is 0. The lowest BCUT2D eigenvalue weighted by Crippen LogP contribution is -2.36. The second kappa shape index (κ2) is 7.43. The summed E-state index contributed by atoms with van der Waals surface area (Å²) in [5, 5.41) is 6.27. The second-order valence-electron chi connectivity index (χ2n) is 6.55. The van der Waals surface area contributed by atoms with Crippen molar-refractivity contribution in [1.29, 1.82) is 0 Å². The molecule has 0 radical (unpaired) electrons. The molecule has 1 saturated carbocycles. The molecule has 0 atom stereocenters. The Labute approximate surface area is 142 Å². The molecule has 3 rings (SSSR count). The van der Waals surface area contributed by atoms with Gasteiger partial charge in [-0.1, -0.05) is 37.0 Å². The number of aryl methyl sites for hydroxylation is 2. The van der Waals surface area contributed by atoms with E-state index in [4.69, 9.17) is 0 Å². The molecule has 1 amide bonds. The molecule has 5 heteroatoms. The van der Waals surface area contributed by atoms with Crippen molar-refractivity contribution < 1.29 is 4.79 Å². The van der Waals surface area contributed by atoms with Gasteiger partial charge in [-0.05, 0) is 38.3 Å². The van der Waals surface area contributed by atoms with Gasteiger partial charge in [-0.25, -0.2) is 9.97 Å². The third-order valence-corrected chi connectivity index (χ3v) is 4.48. The predicted octanol–water partition coefficient (Wildman–Crippen LogP) is 3.90. The summed E-state index contributed by atoms with van der Waals surface area (Å²) in [6.45, 7) is 4.11. The minimum Gasteiger partial charge on any atom is -0.349 e. The van der Waals surface area contributed by atoms with Crippen molar-refractivity contribution in [3.05, 3.63) is 47.3 Å². The highest BCUT2D eigenvalue weighted by molar-refractivity contribution is 5.93. The SMILES string of the molecule is Cc1ccc(Nc2ncc(C(=O)NC3CCCCC3)cn2)c(C)c1. The Kier molecular flexibility index (Phi) is 5.08. The Balaban J connectivity index is 1.63. The number of anilines is 2. The molecule has 2 aromatic rings. The predicted molar refractivity (Wildman–Crippen MR) is 95.6 cm³/mol. The summed E-state index contributed by atoms with van der Waals surface area (Å²) in [4.78, 5) is 20.8. The average Bonchev–Trinajstić information content (AvgIpc) is 2.59. The Morgan fingerprint density at radius 2 is 1.79 bits per heavy atom. The summed E-state index contributed by atoms with van der Waals surface area (Å²) in [6, 6.07) is 6.45. The second-order valence-corrected chi connectivity index (χ2v) is 6.55. The largest absolute Gasteiger partial charge is 0.349 e. The molecule has 1 aliphatic rings. The van der Waals surface area contributed by atoms with Gasteiger partial charge in [0.15, 0.2) is 0 Å². The first-order valence-electron chi connectivity index (χ1n) is 8.59. The first kappa shape index (κ1) is 16.4. The normalized spacial score (nSPS) is 15.1. The van der Waals surface area contributed by atoms with Gasteiger partial charge in [0.25, 0.3) is 5.91 Å². The number of carbonyl (C=O) groups excluding carboxylic acids is 1. The van der Waals surface area contributed by atoms with Gasteiger partial charge < -0.3 is 10.6 Å².